The van der Waals surface area contributed by atoms with Crippen molar-refractivity contribution in [2.75, 3.05) is 18.0 Å². The Morgan fingerprint density at radius 1 is 1.00 bits per heavy atom. The third-order valence-electron chi connectivity index (χ3n) is 5.07. The first-order valence-corrected chi connectivity index (χ1v) is 8.56. The summed E-state index contributed by atoms with van der Waals surface area (Å²) in [7, 11) is 0. The third-order valence-corrected chi connectivity index (χ3v) is 5.07. The zero-order valence-electron chi connectivity index (χ0n) is 13.6. The molecule has 1 aliphatic heterocycles. The predicted octanol–water partition coefficient (Wildman–Crippen LogP) is 4.11. The Morgan fingerprint density at radius 2 is 1.83 bits per heavy atom. The molecule has 1 fully saturated rings. The minimum Gasteiger partial charge on any atom is -0.384 e. The average molecular weight is 316 g/mol. The number of aliphatic hydroxyl groups is 1. The van der Waals surface area contributed by atoms with Gasteiger partial charge in [-0.25, -0.2) is 0 Å². The molecule has 0 bridgehead atoms. The summed E-state index contributed by atoms with van der Waals surface area (Å²) in [5.74, 6) is 0. The van der Waals surface area contributed by atoms with Crippen molar-refractivity contribution < 1.29 is 5.11 Å². The molecule has 4 rings (SSSR count). The SMILES string of the molecule is N#Cc1cccc2c1C=Cc1ccc(N3CCCCC3)cc1C2O. The minimum atomic E-state index is -0.706. The highest BCUT2D eigenvalue weighted by Crippen LogP contribution is 2.36. The number of anilines is 1. The molecule has 0 saturated carbocycles. The van der Waals surface area contributed by atoms with Crippen molar-refractivity contribution in [1.82, 2.24) is 0 Å². The summed E-state index contributed by atoms with van der Waals surface area (Å²) in [4.78, 5) is 2.40. The van der Waals surface area contributed by atoms with Gasteiger partial charge in [-0.15, -0.1) is 0 Å². The number of hydrogen-bond donors (Lipinski definition) is 1. The molecule has 1 saturated heterocycles. The van der Waals surface area contributed by atoms with Crippen LogP contribution >= 0.6 is 0 Å². The molecule has 1 unspecified atom stereocenters. The number of nitrogens with zero attached hydrogens (tertiary/aromatic N) is 2. The van der Waals surface area contributed by atoms with Crippen LogP contribution in [-0.2, 0) is 0 Å². The van der Waals surface area contributed by atoms with Crippen LogP contribution in [-0.4, -0.2) is 18.2 Å². The summed E-state index contributed by atoms with van der Waals surface area (Å²) in [6, 6.07) is 14.1. The van der Waals surface area contributed by atoms with E-state index in [0.717, 1.165) is 35.3 Å². The lowest BCUT2D eigenvalue weighted by Crippen LogP contribution is -2.29. The van der Waals surface area contributed by atoms with Crippen LogP contribution in [0.25, 0.3) is 12.2 Å². The van der Waals surface area contributed by atoms with E-state index in [2.05, 4.69) is 29.2 Å². The number of piperidine rings is 1. The fourth-order valence-electron chi connectivity index (χ4n) is 3.75. The quantitative estimate of drug-likeness (QED) is 0.861. The Bertz CT molecular complexity index is 841. The van der Waals surface area contributed by atoms with Crippen molar-refractivity contribution in [1.29, 1.82) is 5.26 Å². The Morgan fingerprint density at radius 3 is 2.62 bits per heavy atom. The van der Waals surface area contributed by atoms with Crippen LogP contribution in [0.5, 0.6) is 0 Å². The molecular formula is C21H20N2O. The predicted molar refractivity (Wildman–Crippen MR) is 96.7 cm³/mol. The van der Waals surface area contributed by atoms with Crippen molar-refractivity contribution in [3.05, 3.63) is 64.2 Å². The Kier molecular flexibility index (Phi) is 3.84. The van der Waals surface area contributed by atoms with Gasteiger partial charge in [-0.05, 0) is 59.7 Å². The molecule has 3 heteroatoms. The molecule has 1 aliphatic carbocycles. The second kappa shape index (κ2) is 6.14. The van der Waals surface area contributed by atoms with Gasteiger partial charge in [0.15, 0.2) is 0 Å². The van der Waals surface area contributed by atoms with Crippen LogP contribution < -0.4 is 4.90 Å². The van der Waals surface area contributed by atoms with Gasteiger partial charge in [-0.2, -0.15) is 5.26 Å². The van der Waals surface area contributed by atoms with Crippen molar-refractivity contribution in [2.45, 2.75) is 25.4 Å². The number of aliphatic hydroxyl groups excluding tert-OH is 1. The van der Waals surface area contributed by atoms with Gasteiger partial charge in [0.25, 0.3) is 0 Å². The summed E-state index contributed by atoms with van der Waals surface area (Å²) < 4.78 is 0. The molecule has 120 valence electrons. The fraction of sp³-hybridized carbons (Fsp3) is 0.286. The molecule has 0 spiro atoms. The largest absolute Gasteiger partial charge is 0.384 e. The minimum absolute atomic E-state index is 0.604. The van der Waals surface area contributed by atoms with Crippen LogP contribution in [0, 0.1) is 11.3 Å². The standard InChI is InChI=1S/C21H20N2O/c22-14-16-5-4-6-19-18(16)10-8-15-7-9-17(13-20(15)21(19)24)23-11-2-1-3-12-23/h4-10,13,21,24H,1-3,11-12H2. The zero-order valence-corrected chi connectivity index (χ0v) is 13.6. The van der Waals surface area contributed by atoms with Crippen LogP contribution in [0.3, 0.4) is 0 Å². The first-order chi connectivity index (χ1) is 11.8. The van der Waals surface area contributed by atoms with E-state index in [9.17, 15) is 10.4 Å². The maximum atomic E-state index is 11.0. The van der Waals surface area contributed by atoms with E-state index in [1.807, 2.05) is 24.3 Å². The highest BCUT2D eigenvalue weighted by Gasteiger charge is 2.22. The number of rotatable bonds is 1. The third kappa shape index (κ3) is 2.50. The van der Waals surface area contributed by atoms with E-state index >= 15 is 0 Å². The maximum absolute atomic E-state index is 11.0. The van der Waals surface area contributed by atoms with Crippen LogP contribution in [0.15, 0.2) is 36.4 Å². The smallest absolute Gasteiger partial charge is 0.105 e. The molecule has 2 aliphatic rings. The van der Waals surface area contributed by atoms with Gasteiger partial charge < -0.3 is 10.0 Å². The van der Waals surface area contributed by atoms with Crippen molar-refractivity contribution in [3.8, 4) is 6.07 Å². The Hall–Kier alpha value is -2.57. The molecule has 1 N–H and O–H groups in total. The Labute approximate surface area is 142 Å². The molecule has 0 aromatic heterocycles. The second-order valence-corrected chi connectivity index (χ2v) is 6.52. The zero-order chi connectivity index (χ0) is 16.5. The maximum Gasteiger partial charge on any atom is 0.105 e. The van der Waals surface area contributed by atoms with Gasteiger partial charge in [0, 0.05) is 18.8 Å². The van der Waals surface area contributed by atoms with E-state index in [1.54, 1.807) is 6.07 Å². The molecule has 24 heavy (non-hydrogen) atoms. The van der Waals surface area contributed by atoms with E-state index in [1.165, 1.54) is 24.9 Å². The summed E-state index contributed by atoms with van der Waals surface area (Å²) in [5, 5.41) is 20.3. The highest BCUT2D eigenvalue weighted by atomic mass is 16.3. The first-order valence-electron chi connectivity index (χ1n) is 8.56. The number of benzene rings is 2. The molecule has 3 nitrogen and oxygen atoms in total. The number of nitriles is 1. The lowest BCUT2D eigenvalue weighted by molar-refractivity contribution is 0.220. The van der Waals surface area contributed by atoms with Gasteiger partial charge >= 0.3 is 0 Å². The second-order valence-electron chi connectivity index (χ2n) is 6.52. The van der Waals surface area contributed by atoms with Crippen molar-refractivity contribution in [2.24, 2.45) is 0 Å². The topological polar surface area (TPSA) is 47.3 Å². The summed E-state index contributed by atoms with van der Waals surface area (Å²) in [5.41, 5.74) is 5.35. The van der Waals surface area contributed by atoms with Crippen LogP contribution in [0.1, 0.15) is 53.2 Å². The fourth-order valence-corrected chi connectivity index (χ4v) is 3.75. The number of hydrogen-bond acceptors (Lipinski definition) is 3. The van der Waals surface area contributed by atoms with Gasteiger partial charge in [0.1, 0.15) is 6.10 Å². The lowest BCUT2D eigenvalue weighted by atomic mass is 9.94. The van der Waals surface area contributed by atoms with Gasteiger partial charge in [-0.1, -0.05) is 30.4 Å². The van der Waals surface area contributed by atoms with Gasteiger partial charge in [-0.3, -0.25) is 0 Å². The molecule has 0 amide bonds. The van der Waals surface area contributed by atoms with Crippen LogP contribution in [0.2, 0.25) is 0 Å². The first kappa shape index (κ1) is 15.0. The molecule has 1 heterocycles. The normalized spacial score (nSPS) is 19.2. The molecule has 2 aromatic rings. The molecule has 0 radical (unpaired) electrons. The van der Waals surface area contributed by atoms with Crippen molar-refractivity contribution in [3.63, 3.8) is 0 Å². The lowest BCUT2D eigenvalue weighted by Gasteiger charge is -2.29. The van der Waals surface area contributed by atoms with Gasteiger partial charge in [0.05, 0.1) is 11.6 Å². The van der Waals surface area contributed by atoms with E-state index in [0.29, 0.717) is 5.56 Å². The summed E-state index contributed by atoms with van der Waals surface area (Å²) in [6.45, 7) is 2.17. The summed E-state index contributed by atoms with van der Waals surface area (Å²) in [6.07, 6.45) is 7.01. The van der Waals surface area contributed by atoms with E-state index < -0.39 is 6.10 Å². The van der Waals surface area contributed by atoms with Crippen LogP contribution in [0.4, 0.5) is 5.69 Å². The van der Waals surface area contributed by atoms with Gasteiger partial charge in [0.2, 0.25) is 0 Å². The molecule has 2 aromatic carbocycles. The average Bonchev–Trinajstić information content (AvgIpc) is 2.79. The summed E-state index contributed by atoms with van der Waals surface area (Å²) >= 11 is 0. The van der Waals surface area contributed by atoms with Crippen molar-refractivity contribution >= 4 is 17.8 Å². The number of fused-ring (bicyclic) bond motifs is 2. The Balaban J connectivity index is 1.79. The molecular weight excluding hydrogens is 296 g/mol. The molecule has 1 atom stereocenters. The van der Waals surface area contributed by atoms with E-state index in [4.69, 9.17) is 0 Å². The van der Waals surface area contributed by atoms with E-state index in [-0.39, 0.29) is 0 Å². The highest BCUT2D eigenvalue weighted by molar-refractivity contribution is 5.79. The monoisotopic (exact) mass is 316 g/mol.